The zero-order chi connectivity index (χ0) is 24.8. The molecule has 8 rings (SSSR count). The average Bonchev–Trinajstić information content (AvgIpc) is 3.39. The summed E-state index contributed by atoms with van der Waals surface area (Å²) in [6.07, 6.45) is 14.8. The largest absolute Gasteiger partial charge is 0.353 e. The van der Waals surface area contributed by atoms with Gasteiger partial charge < -0.3 is 10.2 Å². The third kappa shape index (κ3) is 4.38. The first-order valence-electron chi connectivity index (χ1n) is 13.6. The van der Waals surface area contributed by atoms with E-state index in [-0.39, 0.29) is 0 Å². The summed E-state index contributed by atoms with van der Waals surface area (Å²) in [5.74, 6) is 1.99. The van der Waals surface area contributed by atoms with Gasteiger partial charge in [0.2, 0.25) is 0 Å². The van der Waals surface area contributed by atoms with Crippen molar-refractivity contribution in [2.45, 2.75) is 37.8 Å². The zero-order valence-electron chi connectivity index (χ0n) is 21.4. The molecule has 1 N–H and O–H groups in total. The lowest BCUT2D eigenvalue weighted by molar-refractivity contribution is -0.00603. The summed E-state index contributed by atoms with van der Waals surface area (Å²) in [7, 11) is 1.94. The maximum atomic E-state index is 4.93. The predicted molar refractivity (Wildman–Crippen MR) is 146 cm³/mol. The van der Waals surface area contributed by atoms with Crippen LogP contribution in [-0.4, -0.2) is 74.4 Å². The molecule has 8 nitrogen and oxygen atoms in total. The fraction of sp³-hybridized carbons (Fsp3) is 0.448. The molecule has 0 saturated carbocycles. The number of nitrogens with one attached hydrogen (secondary N) is 1. The molecule has 2 bridgehead atoms. The van der Waals surface area contributed by atoms with Crippen LogP contribution >= 0.6 is 0 Å². The maximum Gasteiger partial charge on any atom is 0.128 e. The number of benzene rings is 1. The lowest BCUT2D eigenvalue weighted by Gasteiger charge is -2.57. The van der Waals surface area contributed by atoms with Crippen LogP contribution in [0.25, 0.3) is 33.2 Å². The van der Waals surface area contributed by atoms with Crippen molar-refractivity contribution in [3.05, 3.63) is 55.4 Å². The molecule has 4 aliphatic rings. The highest BCUT2D eigenvalue weighted by atomic mass is 15.4. The van der Waals surface area contributed by atoms with Crippen LogP contribution in [0.2, 0.25) is 0 Å². The normalized spacial score (nSPS) is 22.4. The number of hydrogen-bond donors (Lipinski definition) is 1. The molecule has 0 radical (unpaired) electrons. The van der Waals surface area contributed by atoms with Crippen LogP contribution in [0.3, 0.4) is 0 Å². The Hall–Kier alpha value is -3.36. The monoisotopic (exact) mass is 494 g/mol. The number of fused-ring (bicyclic) bond motifs is 3. The van der Waals surface area contributed by atoms with Crippen LogP contribution < -0.4 is 10.2 Å². The van der Waals surface area contributed by atoms with E-state index in [9.17, 15) is 0 Å². The van der Waals surface area contributed by atoms with Gasteiger partial charge >= 0.3 is 0 Å². The summed E-state index contributed by atoms with van der Waals surface area (Å²) in [5, 5.41) is 8.88. The first-order chi connectivity index (χ1) is 18.2. The summed E-state index contributed by atoms with van der Waals surface area (Å²) >= 11 is 0. The first-order valence-corrected chi connectivity index (χ1v) is 13.6. The second-order valence-electron chi connectivity index (χ2n) is 11.0. The zero-order valence-corrected chi connectivity index (χ0v) is 21.4. The SMILES string of the molecule is Cn1cc(-c2cc(-c3ccc(N4CC5CC(C4)N5CCC4CCNCC4)nc3)c3cncnc3c2)cn1. The maximum absolute atomic E-state index is 4.93. The van der Waals surface area contributed by atoms with Crippen molar-refractivity contribution in [1.82, 2.24) is 34.9 Å². The van der Waals surface area contributed by atoms with E-state index in [4.69, 9.17) is 4.98 Å². The van der Waals surface area contributed by atoms with Crippen LogP contribution in [0.5, 0.6) is 0 Å². The van der Waals surface area contributed by atoms with Crippen LogP contribution in [0.15, 0.2) is 55.4 Å². The van der Waals surface area contributed by atoms with E-state index in [1.807, 2.05) is 36.5 Å². The van der Waals surface area contributed by atoms with Gasteiger partial charge in [0.25, 0.3) is 0 Å². The fourth-order valence-electron chi connectivity index (χ4n) is 6.53. The molecule has 4 saturated heterocycles. The number of piperazine rings is 1. The minimum absolute atomic E-state index is 0.680. The highest BCUT2D eigenvalue weighted by molar-refractivity contribution is 5.97. The Balaban J connectivity index is 1.08. The Bertz CT molecular complexity index is 1380. The molecule has 2 unspecified atom stereocenters. The second kappa shape index (κ2) is 9.50. The number of anilines is 1. The van der Waals surface area contributed by atoms with Gasteiger partial charge in [-0.2, -0.15) is 5.10 Å². The molecule has 4 aliphatic heterocycles. The van der Waals surface area contributed by atoms with Gasteiger partial charge in [-0.1, -0.05) is 0 Å². The van der Waals surface area contributed by atoms with E-state index < -0.39 is 0 Å². The van der Waals surface area contributed by atoms with Crippen molar-refractivity contribution in [2.24, 2.45) is 13.0 Å². The molecule has 0 spiro atoms. The average molecular weight is 495 g/mol. The molecule has 0 aliphatic carbocycles. The van der Waals surface area contributed by atoms with Gasteiger partial charge in [0.15, 0.2) is 0 Å². The Morgan fingerprint density at radius 3 is 2.57 bits per heavy atom. The lowest BCUT2D eigenvalue weighted by Crippen LogP contribution is -2.69. The summed E-state index contributed by atoms with van der Waals surface area (Å²) < 4.78 is 1.83. The number of piperidine rings is 2. The summed E-state index contributed by atoms with van der Waals surface area (Å²) in [6.45, 7) is 5.83. The van der Waals surface area contributed by atoms with Crippen LogP contribution in [0.4, 0.5) is 5.82 Å². The van der Waals surface area contributed by atoms with Gasteiger partial charge in [0.1, 0.15) is 12.1 Å². The van der Waals surface area contributed by atoms with Crippen LogP contribution in [-0.2, 0) is 7.05 Å². The molecule has 4 fully saturated rings. The molecule has 0 amide bonds. The van der Waals surface area contributed by atoms with E-state index in [1.54, 1.807) is 6.33 Å². The Labute approximate surface area is 217 Å². The predicted octanol–water partition coefficient (Wildman–Crippen LogP) is 3.74. The van der Waals surface area contributed by atoms with Crippen molar-refractivity contribution in [2.75, 3.05) is 37.6 Å². The first kappa shape index (κ1) is 22.8. The molecule has 7 heterocycles. The van der Waals surface area contributed by atoms with Gasteiger partial charge in [-0.05, 0) is 86.6 Å². The Kier molecular flexibility index (Phi) is 5.86. The third-order valence-corrected chi connectivity index (χ3v) is 8.65. The molecule has 2 atom stereocenters. The molecule has 1 aromatic carbocycles. The number of aromatic nitrogens is 5. The topological polar surface area (TPSA) is 75.0 Å². The number of aryl methyl sites for hydroxylation is 1. The smallest absolute Gasteiger partial charge is 0.128 e. The summed E-state index contributed by atoms with van der Waals surface area (Å²) in [4.78, 5) is 19.0. The third-order valence-electron chi connectivity index (χ3n) is 8.65. The number of pyridine rings is 1. The molecular weight excluding hydrogens is 460 g/mol. The Morgan fingerprint density at radius 2 is 1.81 bits per heavy atom. The Morgan fingerprint density at radius 1 is 0.946 bits per heavy atom. The van der Waals surface area contributed by atoms with Crippen molar-refractivity contribution in [3.8, 4) is 22.3 Å². The van der Waals surface area contributed by atoms with Gasteiger partial charge in [-0.15, -0.1) is 0 Å². The van der Waals surface area contributed by atoms with E-state index in [2.05, 4.69) is 54.4 Å². The summed E-state index contributed by atoms with van der Waals surface area (Å²) in [6, 6.07) is 10.1. The molecule has 8 heteroatoms. The van der Waals surface area contributed by atoms with Crippen molar-refractivity contribution >= 4 is 16.7 Å². The van der Waals surface area contributed by atoms with Crippen molar-refractivity contribution < 1.29 is 0 Å². The molecule has 190 valence electrons. The quantitative estimate of drug-likeness (QED) is 0.438. The van der Waals surface area contributed by atoms with Crippen LogP contribution in [0.1, 0.15) is 25.7 Å². The number of rotatable bonds is 6. The highest BCUT2D eigenvalue weighted by Gasteiger charge is 2.44. The van der Waals surface area contributed by atoms with Gasteiger partial charge in [0, 0.05) is 67.3 Å². The molecule has 37 heavy (non-hydrogen) atoms. The van der Waals surface area contributed by atoms with E-state index in [1.165, 1.54) is 45.3 Å². The van der Waals surface area contributed by atoms with E-state index in [0.717, 1.165) is 58.0 Å². The lowest BCUT2D eigenvalue weighted by atomic mass is 9.85. The van der Waals surface area contributed by atoms with E-state index in [0.29, 0.717) is 12.1 Å². The van der Waals surface area contributed by atoms with Gasteiger partial charge in [-0.25, -0.2) is 15.0 Å². The number of hydrogen-bond acceptors (Lipinski definition) is 7. The minimum Gasteiger partial charge on any atom is -0.353 e. The van der Waals surface area contributed by atoms with Crippen LogP contribution in [0, 0.1) is 5.92 Å². The van der Waals surface area contributed by atoms with E-state index >= 15 is 0 Å². The van der Waals surface area contributed by atoms with Gasteiger partial charge in [-0.3, -0.25) is 9.58 Å². The number of nitrogens with zero attached hydrogens (tertiary/aromatic N) is 7. The molecule has 3 aromatic heterocycles. The van der Waals surface area contributed by atoms with Gasteiger partial charge in [0.05, 0.1) is 11.7 Å². The minimum atomic E-state index is 0.680. The standard InChI is InChI=1S/C29H34N8/c1-35-16-23(14-34-35)22-10-26(27-15-31-19-33-28(27)11-22)21-2-3-29(32-13-21)36-17-24-12-25(18-36)37(24)9-6-20-4-7-30-8-5-20/h2-3,10-11,13-16,19-20,24-25,30H,4-9,12,17-18H2,1H3. The van der Waals surface area contributed by atoms with Crippen molar-refractivity contribution in [1.29, 1.82) is 0 Å². The van der Waals surface area contributed by atoms with Crippen molar-refractivity contribution in [3.63, 3.8) is 0 Å². The fourth-order valence-corrected chi connectivity index (χ4v) is 6.53. The molecular formula is C29H34N8. The highest BCUT2D eigenvalue weighted by Crippen LogP contribution is 2.36. The molecule has 4 aromatic rings. The summed E-state index contributed by atoms with van der Waals surface area (Å²) in [5.41, 5.74) is 5.28. The second-order valence-corrected chi connectivity index (χ2v) is 11.0.